The molecule has 1 aliphatic carbocycles. The predicted molar refractivity (Wildman–Crippen MR) is 78.1 cm³/mol. The van der Waals surface area contributed by atoms with Crippen LogP contribution in [-0.2, 0) is 6.42 Å². The minimum absolute atomic E-state index is 0.111. The minimum Gasteiger partial charge on any atom is -0.312 e. The number of rotatable bonds is 3. The molecule has 0 saturated heterocycles. The van der Waals surface area contributed by atoms with Crippen molar-refractivity contribution in [3.05, 3.63) is 65.0 Å². The molecule has 0 bridgehead atoms. The molecule has 1 aromatic heterocycles. The second kappa shape index (κ2) is 5.90. The summed E-state index contributed by atoms with van der Waals surface area (Å²) in [5, 5.41) is 3.19. The van der Waals surface area contributed by atoms with Crippen LogP contribution in [0.3, 0.4) is 0 Å². The maximum Gasteiger partial charge on any atom is 0.130 e. The largest absolute Gasteiger partial charge is 0.312 e. The van der Waals surface area contributed by atoms with Crippen LogP contribution in [0.25, 0.3) is 0 Å². The lowest BCUT2D eigenvalue weighted by Crippen LogP contribution is -2.28. The third-order valence-electron chi connectivity index (χ3n) is 4.25. The van der Waals surface area contributed by atoms with Gasteiger partial charge < -0.3 is 5.32 Å². The van der Waals surface area contributed by atoms with E-state index < -0.39 is 11.6 Å². The number of pyridine rings is 1. The molecule has 0 fully saturated rings. The zero-order chi connectivity index (χ0) is 14.8. The van der Waals surface area contributed by atoms with Crippen molar-refractivity contribution in [3.63, 3.8) is 0 Å². The number of nitrogens with one attached hydrogen (secondary N) is 1. The van der Waals surface area contributed by atoms with Crippen LogP contribution in [0.2, 0.25) is 0 Å². The summed E-state index contributed by atoms with van der Waals surface area (Å²) in [6, 6.07) is 7.62. The van der Waals surface area contributed by atoms with Gasteiger partial charge in [0.2, 0.25) is 0 Å². The molecule has 2 aromatic rings. The van der Waals surface area contributed by atoms with E-state index in [-0.39, 0.29) is 12.0 Å². The molecule has 3 rings (SSSR count). The molecule has 21 heavy (non-hydrogen) atoms. The predicted octanol–water partition coefficient (Wildman–Crippen LogP) is 3.74. The molecule has 2 unspecified atom stereocenters. The van der Waals surface area contributed by atoms with Gasteiger partial charge in [-0.25, -0.2) is 8.78 Å². The number of hydrogen-bond acceptors (Lipinski definition) is 2. The van der Waals surface area contributed by atoms with Crippen LogP contribution in [0.15, 0.2) is 36.5 Å². The average molecular weight is 288 g/mol. The number of aryl methyl sites for hydroxylation is 1. The number of benzene rings is 1. The normalized spacial score (nSPS) is 19.1. The van der Waals surface area contributed by atoms with E-state index in [1.54, 1.807) is 6.20 Å². The Morgan fingerprint density at radius 3 is 2.90 bits per heavy atom. The summed E-state index contributed by atoms with van der Waals surface area (Å²) in [5.74, 6) is -0.939. The maximum atomic E-state index is 14.1. The van der Waals surface area contributed by atoms with E-state index in [4.69, 9.17) is 0 Å². The number of likely N-dealkylation sites (N-methyl/N-ethyl adjacent to an activating group) is 1. The highest BCUT2D eigenvalue weighted by atomic mass is 19.1. The topological polar surface area (TPSA) is 24.9 Å². The Hall–Kier alpha value is -1.81. The van der Waals surface area contributed by atoms with E-state index in [1.807, 2.05) is 13.1 Å². The highest BCUT2D eigenvalue weighted by Gasteiger charge is 2.30. The Morgan fingerprint density at radius 1 is 1.29 bits per heavy atom. The Balaban J connectivity index is 2.01. The quantitative estimate of drug-likeness (QED) is 0.930. The fourth-order valence-corrected chi connectivity index (χ4v) is 3.30. The van der Waals surface area contributed by atoms with Gasteiger partial charge in [0.25, 0.3) is 0 Å². The van der Waals surface area contributed by atoms with Gasteiger partial charge in [-0.1, -0.05) is 12.1 Å². The van der Waals surface area contributed by atoms with Gasteiger partial charge in [0.1, 0.15) is 11.6 Å². The lowest BCUT2D eigenvalue weighted by Gasteiger charge is -2.31. The molecular weight excluding hydrogens is 270 g/mol. The Labute approximate surface area is 123 Å². The highest BCUT2D eigenvalue weighted by molar-refractivity contribution is 5.32. The van der Waals surface area contributed by atoms with Crippen molar-refractivity contribution in [2.75, 3.05) is 7.05 Å². The van der Waals surface area contributed by atoms with Crippen LogP contribution in [0, 0.1) is 11.6 Å². The summed E-state index contributed by atoms with van der Waals surface area (Å²) in [7, 11) is 1.81. The van der Waals surface area contributed by atoms with Gasteiger partial charge in [0, 0.05) is 35.5 Å². The molecule has 2 nitrogen and oxygen atoms in total. The molecule has 0 saturated carbocycles. The summed E-state index contributed by atoms with van der Waals surface area (Å²) < 4.78 is 27.2. The first-order valence-electron chi connectivity index (χ1n) is 7.26. The first-order valence-corrected chi connectivity index (χ1v) is 7.26. The fourth-order valence-electron chi connectivity index (χ4n) is 3.30. The number of halogens is 2. The second-order valence-corrected chi connectivity index (χ2v) is 5.48. The summed E-state index contributed by atoms with van der Waals surface area (Å²) in [6.45, 7) is 0. The molecular formula is C17H18F2N2. The molecule has 1 N–H and O–H groups in total. The molecule has 2 atom stereocenters. The molecule has 0 spiro atoms. The zero-order valence-corrected chi connectivity index (χ0v) is 11.9. The molecule has 4 heteroatoms. The van der Waals surface area contributed by atoms with E-state index in [1.165, 1.54) is 17.7 Å². The molecule has 1 heterocycles. The summed E-state index contributed by atoms with van der Waals surface area (Å²) >= 11 is 0. The van der Waals surface area contributed by atoms with Gasteiger partial charge in [-0.15, -0.1) is 0 Å². The molecule has 0 radical (unpaired) electrons. The molecule has 0 aliphatic heterocycles. The van der Waals surface area contributed by atoms with E-state index >= 15 is 0 Å². The van der Waals surface area contributed by atoms with Crippen molar-refractivity contribution in [2.45, 2.75) is 31.2 Å². The van der Waals surface area contributed by atoms with Crippen molar-refractivity contribution in [2.24, 2.45) is 0 Å². The highest BCUT2D eigenvalue weighted by Crippen LogP contribution is 2.39. The number of hydrogen-bond donors (Lipinski definition) is 1. The van der Waals surface area contributed by atoms with Crippen LogP contribution in [0.5, 0.6) is 0 Å². The lowest BCUT2D eigenvalue weighted by atomic mass is 9.79. The van der Waals surface area contributed by atoms with Gasteiger partial charge in [-0.05, 0) is 44.0 Å². The molecule has 110 valence electrons. The van der Waals surface area contributed by atoms with Gasteiger partial charge in [-0.2, -0.15) is 0 Å². The fraction of sp³-hybridized carbons (Fsp3) is 0.353. The van der Waals surface area contributed by atoms with Crippen LogP contribution in [-0.4, -0.2) is 12.0 Å². The second-order valence-electron chi connectivity index (χ2n) is 5.48. The lowest BCUT2D eigenvalue weighted by molar-refractivity contribution is 0.402. The number of fused-ring (bicyclic) bond motifs is 1. The van der Waals surface area contributed by atoms with Crippen LogP contribution in [0.4, 0.5) is 8.78 Å². The van der Waals surface area contributed by atoms with E-state index in [0.29, 0.717) is 5.56 Å². The van der Waals surface area contributed by atoms with Crippen molar-refractivity contribution in [1.82, 2.24) is 10.3 Å². The van der Waals surface area contributed by atoms with E-state index in [2.05, 4.69) is 16.4 Å². The Kier molecular flexibility index (Phi) is 3.97. The van der Waals surface area contributed by atoms with Crippen LogP contribution in [0.1, 0.15) is 41.6 Å². The third kappa shape index (κ3) is 2.68. The smallest absolute Gasteiger partial charge is 0.130 e. The number of aromatic nitrogens is 1. The average Bonchev–Trinajstić information content (AvgIpc) is 2.50. The Bertz CT molecular complexity index is 642. The molecule has 0 amide bonds. The van der Waals surface area contributed by atoms with Gasteiger partial charge in [0.05, 0.1) is 0 Å². The maximum absolute atomic E-state index is 14.1. The van der Waals surface area contributed by atoms with E-state index in [0.717, 1.165) is 31.0 Å². The van der Waals surface area contributed by atoms with Crippen LogP contribution >= 0.6 is 0 Å². The van der Waals surface area contributed by atoms with Crippen molar-refractivity contribution >= 4 is 0 Å². The first kappa shape index (κ1) is 14.1. The SMILES string of the molecule is CNC(c1ccc(F)cc1F)C1CCCc2cccnc21. The summed E-state index contributed by atoms with van der Waals surface area (Å²) in [6.07, 6.45) is 4.81. The zero-order valence-electron chi connectivity index (χ0n) is 11.9. The summed E-state index contributed by atoms with van der Waals surface area (Å²) in [5.41, 5.74) is 2.77. The molecule has 1 aromatic carbocycles. The van der Waals surface area contributed by atoms with Crippen molar-refractivity contribution in [1.29, 1.82) is 0 Å². The number of nitrogens with zero attached hydrogens (tertiary/aromatic N) is 1. The van der Waals surface area contributed by atoms with Crippen molar-refractivity contribution < 1.29 is 8.78 Å². The minimum atomic E-state index is -0.548. The third-order valence-corrected chi connectivity index (χ3v) is 4.25. The van der Waals surface area contributed by atoms with Crippen LogP contribution < -0.4 is 5.32 Å². The first-order chi connectivity index (χ1) is 10.2. The van der Waals surface area contributed by atoms with Gasteiger partial charge in [0.15, 0.2) is 0 Å². The van der Waals surface area contributed by atoms with E-state index in [9.17, 15) is 8.78 Å². The monoisotopic (exact) mass is 288 g/mol. The Morgan fingerprint density at radius 2 is 2.14 bits per heavy atom. The van der Waals surface area contributed by atoms with Gasteiger partial charge >= 0.3 is 0 Å². The molecule has 1 aliphatic rings. The van der Waals surface area contributed by atoms with Crippen molar-refractivity contribution in [3.8, 4) is 0 Å². The summed E-state index contributed by atoms with van der Waals surface area (Å²) in [4.78, 5) is 4.51. The van der Waals surface area contributed by atoms with Gasteiger partial charge in [-0.3, -0.25) is 4.98 Å². The standard InChI is InChI=1S/C17H18F2N2/c1-20-17(13-8-7-12(18)10-15(13)19)14-6-2-4-11-5-3-9-21-16(11)14/h3,5,7-10,14,17,20H,2,4,6H2,1H3.